The number of alkyl halides is 3. The van der Waals surface area contributed by atoms with Crippen molar-refractivity contribution in [3.8, 4) is 5.75 Å². The number of halogens is 4. The van der Waals surface area contributed by atoms with Crippen molar-refractivity contribution in [2.75, 3.05) is 27.2 Å². The van der Waals surface area contributed by atoms with Crippen LogP contribution in [-0.2, 0) is 17.5 Å². The highest BCUT2D eigenvalue weighted by Crippen LogP contribution is 2.34. The Bertz CT molecular complexity index is 798. The quantitative estimate of drug-likeness (QED) is 0.318. The summed E-state index contributed by atoms with van der Waals surface area (Å²) < 4.78 is 45.1. The monoisotopic (exact) mass is 568 g/mol. The van der Waals surface area contributed by atoms with Crippen LogP contribution in [0.15, 0.2) is 23.2 Å². The van der Waals surface area contributed by atoms with Crippen molar-refractivity contribution in [3.05, 3.63) is 29.3 Å². The van der Waals surface area contributed by atoms with E-state index in [1.165, 1.54) is 25.7 Å². The fourth-order valence-corrected chi connectivity index (χ4v) is 4.35. The van der Waals surface area contributed by atoms with Gasteiger partial charge in [-0.2, -0.15) is 13.2 Å². The summed E-state index contributed by atoms with van der Waals surface area (Å²) in [6, 6.07) is 3.94. The maximum atomic E-state index is 13.4. The number of aliphatic imine (C=N–C) groups is 1. The fourth-order valence-electron chi connectivity index (χ4n) is 4.35. The number of amides is 1. The molecule has 0 bridgehead atoms. The van der Waals surface area contributed by atoms with Gasteiger partial charge in [-0.15, -0.1) is 24.0 Å². The highest BCUT2D eigenvalue weighted by atomic mass is 127. The standard InChI is InChI=1S/C22H31F3N4O2.HI/c1-26-21(27-13-16-8-9-18(31-2)12-19(16)22(23,24)25)28-17-10-11-29(14-17)20(30)15-6-4-3-5-7-15;/h8-9,12,15,17H,3-7,10-11,13-14H2,1-2H3,(H2,26,27,28);1H. The first-order valence-corrected chi connectivity index (χ1v) is 10.8. The van der Waals surface area contributed by atoms with Crippen molar-refractivity contribution in [3.63, 3.8) is 0 Å². The molecule has 1 atom stereocenters. The number of likely N-dealkylation sites (tertiary alicyclic amines) is 1. The molecule has 6 nitrogen and oxygen atoms in total. The average molecular weight is 568 g/mol. The van der Waals surface area contributed by atoms with Crippen LogP contribution in [0.1, 0.15) is 49.7 Å². The minimum Gasteiger partial charge on any atom is -0.497 e. The van der Waals surface area contributed by atoms with Crippen LogP contribution in [-0.4, -0.2) is 50.1 Å². The van der Waals surface area contributed by atoms with Gasteiger partial charge in [0.1, 0.15) is 5.75 Å². The van der Waals surface area contributed by atoms with Gasteiger partial charge in [-0.05, 0) is 37.0 Å². The fraction of sp³-hybridized carbons (Fsp3) is 0.636. The second-order valence-electron chi connectivity index (χ2n) is 8.20. The number of nitrogens with one attached hydrogen (secondary N) is 2. The molecular formula is C22H32F3IN4O2. The summed E-state index contributed by atoms with van der Waals surface area (Å²) in [4.78, 5) is 18.8. The molecule has 0 spiro atoms. The molecule has 180 valence electrons. The molecule has 1 aromatic carbocycles. The second kappa shape index (κ2) is 11.9. The summed E-state index contributed by atoms with van der Waals surface area (Å²) in [5.41, 5.74) is -0.628. The van der Waals surface area contributed by atoms with Crippen LogP contribution in [0.5, 0.6) is 5.75 Å². The van der Waals surface area contributed by atoms with Gasteiger partial charge in [-0.3, -0.25) is 9.79 Å². The van der Waals surface area contributed by atoms with Crippen molar-refractivity contribution in [1.29, 1.82) is 0 Å². The second-order valence-corrected chi connectivity index (χ2v) is 8.20. The topological polar surface area (TPSA) is 66.0 Å². The van der Waals surface area contributed by atoms with E-state index in [0.717, 1.165) is 38.2 Å². The first-order chi connectivity index (χ1) is 14.8. The molecule has 1 aliphatic heterocycles. The molecule has 32 heavy (non-hydrogen) atoms. The molecule has 1 aromatic rings. The third kappa shape index (κ3) is 6.89. The van der Waals surface area contributed by atoms with Crippen LogP contribution in [0.25, 0.3) is 0 Å². The Morgan fingerprint density at radius 3 is 2.56 bits per heavy atom. The Labute approximate surface area is 204 Å². The molecule has 1 aliphatic carbocycles. The highest BCUT2D eigenvalue weighted by Gasteiger charge is 2.34. The Balaban J connectivity index is 0.00000363. The van der Waals surface area contributed by atoms with E-state index in [2.05, 4.69) is 15.6 Å². The van der Waals surface area contributed by atoms with E-state index in [4.69, 9.17) is 4.74 Å². The summed E-state index contributed by atoms with van der Waals surface area (Å²) in [6.07, 6.45) is 1.70. The molecule has 3 rings (SSSR count). The average Bonchev–Trinajstić information content (AvgIpc) is 3.24. The molecule has 2 aliphatic rings. The summed E-state index contributed by atoms with van der Waals surface area (Å²) in [6.45, 7) is 1.25. The minimum absolute atomic E-state index is 0. The number of guanidine groups is 1. The first kappa shape index (κ1) is 26.5. The number of methoxy groups -OCH3 is 1. The van der Waals surface area contributed by atoms with Gasteiger partial charge in [0.2, 0.25) is 5.91 Å². The van der Waals surface area contributed by atoms with Gasteiger partial charge in [0.25, 0.3) is 0 Å². The zero-order valence-electron chi connectivity index (χ0n) is 18.5. The van der Waals surface area contributed by atoms with E-state index in [1.54, 1.807) is 7.05 Å². The predicted octanol–water partition coefficient (Wildman–Crippen LogP) is 4.18. The summed E-state index contributed by atoms with van der Waals surface area (Å²) in [7, 11) is 2.91. The maximum Gasteiger partial charge on any atom is 0.416 e. The normalized spacial score (nSPS) is 20.0. The SMILES string of the molecule is CN=C(NCc1ccc(OC)cc1C(F)(F)F)NC1CCN(C(=O)C2CCCCC2)C1.I. The summed E-state index contributed by atoms with van der Waals surface area (Å²) >= 11 is 0. The lowest BCUT2D eigenvalue weighted by molar-refractivity contribution is -0.138. The van der Waals surface area contributed by atoms with Gasteiger partial charge in [0, 0.05) is 38.6 Å². The Hall–Kier alpha value is -1.72. The van der Waals surface area contributed by atoms with Crippen molar-refractivity contribution < 1.29 is 22.7 Å². The number of carbonyl (C=O) groups excluding carboxylic acids is 1. The van der Waals surface area contributed by atoms with Gasteiger partial charge in [-0.1, -0.05) is 25.3 Å². The van der Waals surface area contributed by atoms with Crippen LogP contribution in [0.2, 0.25) is 0 Å². The zero-order chi connectivity index (χ0) is 22.4. The first-order valence-electron chi connectivity index (χ1n) is 10.8. The predicted molar refractivity (Wildman–Crippen MR) is 128 cm³/mol. The van der Waals surface area contributed by atoms with Gasteiger partial charge in [-0.25, -0.2) is 0 Å². The van der Waals surface area contributed by atoms with Crippen LogP contribution in [0, 0.1) is 5.92 Å². The summed E-state index contributed by atoms with van der Waals surface area (Å²) in [5, 5.41) is 6.21. The number of hydrogen-bond acceptors (Lipinski definition) is 3. The van der Waals surface area contributed by atoms with Gasteiger partial charge in [0.15, 0.2) is 5.96 Å². The largest absolute Gasteiger partial charge is 0.497 e. The van der Waals surface area contributed by atoms with E-state index in [0.29, 0.717) is 19.0 Å². The number of nitrogens with zero attached hydrogens (tertiary/aromatic N) is 2. The minimum atomic E-state index is -4.48. The van der Waals surface area contributed by atoms with Gasteiger partial charge >= 0.3 is 6.18 Å². The Kier molecular flexibility index (Phi) is 9.90. The van der Waals surface area contributed by atoms with Crippen LogP contribution >= 0.6 is 24.0 Å². The van der Waals surface area contributed by atoms with Crippen LogP contribution in [0.3, 0.4) is 0 Å². The lowest BCUT2D eigenvalue weighted by Gasteiger charge is -2.26. The smallest absolute Gasteiger partial charge is 0.416 e. The molecule has 1 saturated carbocycles. The molecule has 1 unspecified atom stereocenters. The van der Waals surface area contributed by atoms with Crippen LogP contribution in [0.4, 0.5) is 13.2 Å². The Morgan fingerprint density at radius 1 is 1.22 bits per heavy atom. The molecule has 0 aromatic heterocycles. The number of benzene rings is 1. The van der Waals surface area contributed by atoms with Gasteiger partial charge in [0.05, 0.1) is 12.7 Å². The third-order valence-corrected chi connectivity index (χ3v) is 6.09. The van der Waals surface area contributed by atoms with Gasteiger partial charge < -0.3 is 20.3 Å². The number of hydrogen-bond donors (Lipinski definition) is 2. The van der Waals surface area contributed by atoms with Crippen molar-refractivity contribution in [2.45, 2.75) is 57.3 Å². The van der Waals surface area contributed by atoms with Crippen molar-refractivity contribution >= 4 is 35.8 Å². The molecular weight excluding hydrogens is 536 g/mol. The lowest BCUT2D eigenvalue weighted by atomic mass is 9.88. The van der Waals surface area contributed by atoms with E-state index in [1.807, 2.05) is 4.90 Å². The zero-order valence-corrected chi connectivity index (χ0v) is 20.8. The maximum absolute atomic E-state index is 13.4. The lowest BCUT2D eigenvalue weighted by Crippen LogP contribution is -2.45. The van der Waals surface area contributed by atoms with E-state index >= 15 is 0 Å². The van der Waals surface area contributed by atoms with Crippen molar-refractivity contribution in [1.82, 2.24) is 15.5 Å². The van der Waals surface area contributed by atoms with E-state index in [-0.39, 0.29) is 59.7 Å². The number of rotatable bonds is 5. The van der Waals surface area contributed by atoms with Crippen LogP contribution < -0.4 is 15.4 Å². The molecule has 1 saturated heterocycles. The number of ether oxygens (including phenoxy) is 1. The van der Waals surface area contributed by atoms with Crippen molar-refractivity contribution in [2.24, 2.45) is 10.9 Å². The molecule has 2 N–H and O–H groups in total. The third-order valence-electron chi connectivity index (χ3n) is 6.09. The van der Waals surface area contributed by atoms with E-state index < -0.39 is 11.7 Å². The molecule has 0 radical (unpaired) electrons. The molecule has 10 heteroatoms. The number of carbonyl (C=O) groups is 1. The molecule has 1 heterocycles. The summed E-state index contributed by atoms with van der Waals surface area (Å²) in [5.74, 6) is 0.953. The highest BCUT2D eigenvalue weighted by molar-refractivity contribution is 14.0. The van der Waals surface area contributed by atoms with E-state index in [9.17, 15) is 18.0 Å². The Morgan fingerprint density at radius 2 is 1.94 bits per heavy atom. The molecule has 1 amide bonds. The molecule has 2 fully saturated rings.